The smallest absolute Gasteiger partial charge is 0.240 e. The molecule has 0 unspecified atom stereocenters. The molecular weight excluding hydrogens is 252 g/mol. The Kier molecular flexibility index (Phi) is 4.41. The van der Waals surface area contributed by atoms with Gasteiger partial charge in [-0.25, -0.2) is 0 Å². The number of ether oxygens (including phenoxy) is 2. The molecule has 3 heteroatoms. The molecule has 2 aromatic rings. The zero-order valence-electron chi connectivity index (χ0n) is 11.3. The van der Waals surface area contributed by atoms with E-state index in [1.165, 1.54) is 7.11 Å². The zero-order valence-corrected chi connectivity index (χ0v) is 11.3. The molecule has 0 amide bonds. The van der Waals surface area contributed by atoms with Crippen LogP contribution in [-0.4, -0.2) is 20.0 Å². The first kappa shape index (κ1) is 13.7. The van der Waals surface area contributed by atoms with Gasteiger partial charge in [-0.1, -0.05) is 24.1 Å². The molecule has 0 spiro atoms. The average Bonchev–Trinajstić information content (AvgIpc) is 2.52. The lowest BCUT2D eigenvalue weighted by Gasteiger charge is -2.06. The normalized spacial score (nSPS) is 9.30. The molecule has 0 radical (unpaired) electrons. The van der Waals surface area contributed by atoms with Crippen LogP contribution in [0.2, 0.25) is 0 Å². The summed E-state index contributed by atoms with van der Waals surface area (Å²) in [5.41, 5.74) is 1.19. The Labute approximate surface area is 118 Å². The van der Waals surface area contributed by atoms with Crippen LogP contribution in [0.4, 0.5) is 0 Å². The number of carbonyl (C=O) groups is 1. The van der Waals surface area contributed by atoms with Crippen LogP contribution in [-0.2, 0) is 0 Å². The van der Waals surface area contributed by atoms with Crippen LogP contribution in [0.1, 0.15) is 15.9 Å². The van der Waals surface area contributed by atoms with Crippen LogP contribution in [0.25, 0.3) is 0 Å². The molecule has 0 aliphatic heterocycles. The lowest BCUT2D eigenvalue weighted by Crippen LogP contribution is -2.00. The Morgan fingerprint density at radius 3 is 2.40 bits per heavy atom. The molecule has 0 saturated carbocycles. The Bertz CT molecular complexity index is 664. The fourth-order valence-electron chi connectivity index (χ4n) is 1.71. The van der Waals surface area contributed by atoms with Crippen molar-refractivity contribution < 1.29 is 14.3 Å². The van der Waals surface area contributed by atoms with Gasteiger partial charge in [-0.05, 0) is 36.3 Å². The van der Waals surface area contributed by atoms with Crippen molar-refractivity contribution in [1.29, 1.82) is 0 Å². The quantitative estimate of drug-likeness (QED) is 0.633. The van der Waals surface area contributed by atoms with Gasteiger partial charge in [-0.2, -0.15) is 0 Å². The summed E-state index contributed by atoms with van der Waals surface area (Å²) in [4.78, 5) is 12.2. The molecule has 2 rings (SSSR count). The van der Waals surface area contributed by atoms with Crippen molar-refractivity contribution in [1.82, 2.24) is 0 Å². The van der Waals surface area contributed by atoms with E-state index in [-0.39, 0.29) is 5.78 Å². The molecular formula is C17H14O3. The zero-order chi connectivity index (χ0) is 14.4. The van der Waals surface area contributed by atoms with E-state index >= 15 is 0 Å². The Morgan fingerprint density at radius 1 is 1.00 bits per heavy atom. The highest BCUT2D eigenvalue weighted by atomic mass is 16.5. The topological polar surface area (TPSA) is 35.5 Å². The van der Waals surface area contributed by atoms with E-state index in [0.29, 0.717) is 17.1 Å². The van der Waals surface area contributed by atoms with Crippen molar-refractivity contribution >= 4 is 5.78 Å². The minimum absolute atomic E-state index is 0.301. The first-order chi connectivity index (χ1) is 9.74. The molecule has 0 aliphatic carbocycles. The summed E-state index contributed by atoms with van der Waals surface area (Å²) < 4.78 is 10.3. The lowest BCUT2D eigenvalue weighted by molar-refractivity contribution is 0.105. The number of hydrogen-bond acceptors (Lipinski definition) is 3. The van der Waals surface area contributed by atoms with Crippen molar-refractivity contribution in [3.05, 3.63) is 59.7 Å². The Balaban J connectivity index is 2.32. The predicted molar refractivity (Wildman–Crippen MR) is 77.2 cm³/mol. The number of benzene rings is 2. The van der Waals surface area contributed by atoms with E-state index in [0.717, 1.165) is 5.56 Å². The summed E-state index contributed by atoms with van der Waals surface area (Å²) in [5.74, 6) is 6.23. The van der Waals surface area contributed by atoms with Crippen molar-refractivity contribution in [2.45, 2.75) is 0 Å². The molecule has 2 aromatic carbocycles. The number of carbonyl (C=O) groups excluding carboxylic acids is 1. The van der Waals surface area contributed by atoms with Gasteiger partial charge >= 0.3 is 0 Å². The molecule has 100 valence electrons. The van der Waals surface area contributed by atoms with E-state index in [4.69, 9.17) is 9.47 Å². The van der Waals surface area contributed by atoms with Gasteiger partial charge in [-0.3, -0.25) is 4.79 Å². The van der Waals surface area contributed by atoms with Crippen LogP contribution < -0.4 is 9.47 Å². The van der Waals surface area contributed by atoms with Crippen LogP contribution in [0.15, 0.2) is 48.5 Å². The summed E-state index contributed by atoms with van der Waals surface area (Å²) in [6, 6.07) is 14.4. The second-order valence-corrected chi connectivity index (χ2v) is 4.01. The monoisotopic (exact) mass is 266 g/mol. The van der Waals surface area contributed by atoms with Gasteiger partial charge < -0.3 is 9.47 Å². The van der Waals surface area contributed by atoms with Gasteiger partial charge in [0.2, 0.25) is 5.78 Å². The third-order valence-corrected chi connectivity index (χ3v) is 2.75. The maximum absolute atomic E-state index is 12.2. The number of methoxy groups -OCH3 is 2. The standard InChI is InChI=1S/C17H14O3/c1-19-14-9-11-17(20-2)15(12-14)16(18)10-8-13-6-4-3-5-7-13/h3-7,9,11-12H,1-2H3. The minimum Gasteiger partial charge on any atom is -0.497 e. The van der Waals surface area contributed by atoms with Gasteiger partial charge in [-0.15, -0.1) is 0 Å². The van der Waals surface area contributed by atoms with Crippen molar-refractivity contribution in [2.75, 3.05) is 14.2 Å². The highest BCUT2D eigenvalue weighted by Crippen LogP contribution is 2.24. The Hall–Kier alpha value is -2.73. The fraction of sp³-hybridized carbons (Fsp3) is 0.118. The SMILES string of the molecule is COc1ccc(OC)c(C(=O)C#Cc2ccccc2)c1. The predicted octanol–water partition coefficient (Wildman–Crippen LogP) is 2.94. The van der Waals surface area contributed by atoms with E-state index in [1.54, 1.807) is 25.3 Å². The largest absolute Gasteiger partial charge is 0.497 e. The third-order valence-electron chi connectivity index (χ3n) is 2.75. The molecule has 20 heavy (non-hydrogen) atoms. The molecule has 0 saturated heterocycles. The van der Waals surface area contributed by atoms with Crippen LogP contribution in [0.3, 0.4) is 0 Å². The van der Waals surface area contributed by atoms with E-state index in [9.17, 15) is 4.79 Å². The van der Waals surface area contributed by atoms with Crippen molar-refractivity contribution in [3.63, 3.8) is 0 Å². The lowest BCUT2D eigenvalue weighted by atomic mass is 10.1. The maximum Gasteiger partial charge on any atom is 0.240 e. The molecule has 0 aromatic heterocycles. The first-order valence-corrected chi connectivity index (χ1v) is 6.08. The summed E-state index contributed by atoms with van der Waals surface area (Å²) in [6.45, 7) is 0. The third kappa shape index (κ3) is 3.18. The number of rotatable bonds is 3. The summed E-state index contributed by atoms with van der Waals surface area (Å²) in [7, 11) is 3.06. The van der Waals surface area contributed by atoms with Crippen molar-refractivity contribution in [2.24, 2.45) is 0 Å². The van der Waals surface area contributed by atoms with E-state index in [1.807, 2.05) is 30.3 Å². The summed E-state index contributed by atoms with van der Waals surface area (Å²) >= 11 is 0. The van der Waals surface area contributed by atoms with E-state index < -0.39 is 0 Å². The van der Waals surface area contributed by atoms with Crippen LogP contribution >= 0.6 is 0 Å². The van der Waals surface area contributed by atoms with Gasteiger partial charge in [0, 0.05) is 5.56 Å². The van der Waals surface area contributed by atoms with Crippen molar-refractivity contribution in [3.8, 4) is 23.3 Å². The fourth-order valence-corrected chi connectivity index (χ4v) is 1.71. The molecule has 0 aliphatic rings. The summed E-state index contributed by atoms with van der Waals surface area (Å²) in [5, 5.41) is 0. The average molecular weight is 266 g/mol. The van der Waals surface area contributed by atoms with Gasteiger partial charge in [0.1, 0.15) is 11.5 Å². The molecule has 0 N–H and O–H groups in total. The molecule has 0 atom stereocenters. The number of hydrogen-bond donors (Lipinski definition) is 0. The second kappa shape index (κ2) is 6.44. The number of ketones is 1. The summed E-state index contributed by atoms with van der Waals surface area (Å²) in [6.07, 6.45) is 0. The van der Waals surface area contributed by atoms with Gasteiger partial charge in [0.15, 0.2) is 0 Å². The maximum atomic E-state index is 12.2. The molecule has 3 nitrogen and oxygen atoms in total. The van der Waals surface area contributed by atoms with Gasteiger partial charge in [0.25, 0.3) is 0 Å². The van der Waals surface area contributed by atoms with Crippen LogP contribution in [0, 0.1) is 11.8 Å². The second-order valence-electron chi connectivity index (χ2n) is 4.01. The molecule has 0 fully saturated rings. The minimum atomic E-state index is -0.301. The molecule has 0 heterocycles. The number of Topliss-reactive ketones (excluding diaryl/α,β-unsaturated/α-hetero) is 1. The highest BCUT2D eigenvalue weighted by Gasteiger charge is 2.11. The molecule has 0 bridgehead atoms. The highest BCUT2D eigenvalue weighted by molar-refractivity contribution is 6.11. The van der Waals surface area contributed by atoms with Crippen LogP contribution in [0.5, 0.6) is 11.5 Å². The Morgan fingerprint density at radius 2 is 1.75 bits per heavy atom. The first-order valence-electron chi connectivity index (χ1n) is 6.08. The van der Waals surface area contributed by atoms with Gasteiger partial charge in [0.05, 0.1) is 19.8 Å². The van der Waals surface area contributed by atoms with E-state index in [2.05, 4.69) is 11.8 Å².